The maximum atomic E-state index is 13.5. The van der Waals surface area contributed by atoms with E-state index in [2.05, 4.69) is 4.98 Å². The number of H-pyrrole nitrogens is 1. The maximum Gasteiger partial charge on any atom is 0.330 e. The van der Waals surface area contributed by atoms with E-state index in [9.17, 15) is 14.4 Å². The molecule has 0 aliphatic rings. The molecule has 1 aromatic heterocycles. The number of nitrogen functional groups attached to an aromatic ring is 1. The van der Waals surface area contributed by atoms with Crippen molar-refractivity contribution in [2.45, 2.75) is 45.7 Å². The molecular weight excluding hydrogens is 448 g/mol. The third-order valence-corrected chi connectivity index (χ3v) is 5.83. The first-order valence-corrected chi connectivity index (χ1v) is 11.6. The number of para-hydroxylation sites is 1. The summed E-state index contributed by atoms with van der Waals surface area (Å²) in [5.41, 5.74) is 6.66. The summed E-state index contributed by atoms with van der Waals surface area (Å²) >= 11 is 0. The first kappa shape index (κ1) is 25.6. The van der Waals surface area contributed by atoms with Crippen LogP contribution in [-0.2, 0) is 24.3 Å². The van der Waals surface area contributed by atoms with E-state index in [1.165, 1.54) is 9.47 Å². The lowest BCUT2D eigenvalue weighted by Gasteiger charge is -2.25. The Bertz CT molecular complexity index is 1260. The van der Waals surface area contributed by atoms with Crippen LogP contribution in [0, 0.1) is 0 Å². The number of ether oxygens (including phenoxy) is 2. The summed E-state index contributed by atoms with van der Waals surface area (Å²) < 4.78 is 11.9. The van der Waals surface area contributed by atoms with Gasteiger partial charge < -0.3 is 15.2 Å². The van der Waals surface area contributed by atoms with Crippen LogP contribution in [0.3, 0.4) is 0 Å². The molecule has 1 amide bonds. The van der Waals surface area contributed by atoms with E-state index >= 15 is 0 Å². The fourth-order valence-corrected chi connectivity index (χ4v) is 3.85. The summed E-state index contributed by atoms with van der Waals surface area (Å²) in [5.74, 6) is 0.978. The molecule has 0 aliphatic heterocycles. The number of aromatic nitrogens is 2. The number of aryl methyl sites for hydroxylation is 1. The van der Waals surface area contributed by atoms with Crippen molar-refractivity contribution in [3.8, 4) is 11.5 Å². The van der Waals surface area contributed by atoms with Gasteiger partial charge >= 0.3 is 5.69 Å². The molecule has 3 rings (SSSR count). The van der Waals surface area contributed by atoms with Gasteiger partial charge in [-0.25, -0.2) is 4.79 Å². The molecule has 186 valence electrons. The van der Waals surface area contributed by atoms with Crippen molar-refractivity contribution in [2.24, 2.45) is 0 Å². The molecule has 0 saturated carbocycles. The first-order valence-electron chi connectivity index (χ1n) is 11.6. The fraction of sp³-hybridized carbons (Fsp3) is 0.346. The SMILES string of the molecule is CCCCn1c(N)c(N(Cc2ccccc2OC)C(=O)CCc2ccc(OC)cc2)c(=O)[nH]c1=O. The van der Waals surface area contributed by atoms with Gasteiger partial charge in [0.2, 0.25) is 5.91 Å². The highest BCUT2D eigenvalue weighted by molar-refractivity contribution is 5.95. The Morgan fingerprint density at radius 1 is 1.06 bits per heavy atom. The number of carbonyl (C=O) groups is 1. The second-order valence-corrected chi connectivity index (χ2v) is 8.14. The van der Waals surface area contributed by atoms with Crippen molar-refractivity contribution in [1.29, 1.82) is 0 Å². The van der Waals surface area contributed by atoms with E-state index in [0.717, 1.165) is 17.7 Å². The predicted octanol–water partition coefficient (Wildman–Crippen LogP) is 3.10. The molecule has 9 heteroatoms. The standard InChI is InChI=1S/C26H32N4O5/c1-4-5-16-29-24(27)23(25(32)28-26(29)33)30(17-19-8-6-7-9-21(19)35-3)22(31)15-12-18-10-13-20(34-2)14-11-18/h6-11,13-14H,4-5,12,15-17,27H2,1-3H3,(H,28,32,33). The first-order chi connectivity index (χ1) is 16.9. The number of nitrogens with one attached hydrogen (secondary N) is 1. The lowest BCUT2D eigenvalue weighted by molar-refractivity contribution is -0.118. The number of hydrogen-bond acceptors (Lipinski definition) is 6. The van der Waals surface area contributed by atoms with Crippen LogP contribution in [0.15, 0.2) is 58.1 Å². The highest BCUT2D eigenvalue weighted by Crippen LogP contribution is 2.25. The van der Waals surface area contributed by atoms with Gasteiger partial charge in [-0.2, -0.15) is 0 Å². The number of rotatable bonds is 11. The minimum absolute atomic E-state index is 0.0279. The molecule has 35 heavy (non-hydrogen) atoms. The summed E-state index contributed by atoms with van der Waals surface area (Å²) in [7, 11) is 3.14. The Kier molecular flexibility index (Phi) is 8.72. The summed E-state index contributed by atoms with van der Waals surface area (Å²) in [6, 6.07) is 14.7. The van der Waals surface area contributed by atoms with E-state index in [1.54, 1.807) is 20.3 Å². The van der Waals surface area contributed by atoms with Crippen LogP contribution in [0.4, 0.5) is 11.5 Å². The number of methoxy groups -OCH3 is 2. The van der Waals surface area contributed by atoms with Crippen LogP contribution in [0.1, 0.15) is 37.3 Å². The third kappa shape index (κ3) is 6.11. The Labute approximate surface area is 204 Å². The maximum absolute atomic E-state index is 13.5. The van der Waals surface area contributed by atoms with Crippen molar-refractivity contribution in [3.63, 3.8) is 0 Å². The number of carbonyl (C=O) groups excluding carboxylic acids is 1. The zero-order valence-corrected chi connectivity index (χ0v) is 20.4. The molecule has 0 radical (unpaired) electrons. The van der Waals surface area contributed by atoms with Gasteiger partial charge in [0, 0.05) is 18.5 Å². The smallest absolute Gasteiger partial charge is 0.330 e. The normalized spacial score (nSPS) is 10.7. The molecule has 0 fully saturated rings. The Morgan fingerprint density at radius 2 is 1.77 bits per heavy atom. The summed E-state index contributed by atoms with van der Waals surface area (Å²) in [6.45, 7) is 2.39. The van der Waals surface area contributed by atoms with Crippen LogP contribution >= 0.6 is 0 Å². The number of unbranched alkanes of at least 4 members (excludes halogenated alkanes) is 1. The van der Waals surface area contributed by atoms with Gasteiger partial charge in [0.1, 0.15) is 17.3 Å². The Morgan fingerprint density at radius 3 is 2.43 bits per heavy atom. The second kappa shape index (κ2) is 11.9. The fourth-order valence-electron chi connectivity index (χ4n) is 3.85. The zero-order chi connectivity index (χ0) is 25.4. The lowest BCUT2D eigenvalue weighted by Crippen LogP contribution is -2.41. The van der Waals surface area contributed by atoms with Crippen molar-refractivity contribution in [2.75, 3.05) is 24.9 Å². The van der Waals surface area contributed by atoms with Crippen molar-refractivity contribution in [3.05, 3.63) is 80.5 Å². The molecule has 1 heterocycles. The van der Waals surface area contributed by atoms with Gasteiger partial charge in [-0.3, -0.25) is 24.0 Å². The summed E-state index contributed by atoms with van der Waals surface area (Å²) in [5, 5.41) is 0. The average Bonchev–Trinajstić information content (AvgIpc) is 2.87. The van der Waals surface area contributed by atoms with Gasteiger partial charge in [-0.1, -0.05) is 43.7 Å². The number of hydrogen-bond donors (Lipinski definition) is 2. The van der Waals surface area contributed by atoms with Crippen LogP contribution in [0.2, 0.25) is 0 Å². The number of anilines is 2. The zero-order valence-electron chi connectivity index (χ0n) is 20.4. The molecule has 0 unspecified atom stereocenters. The van der Waals surface area contributed by atoms with E-state index in [-0.39, 0.29) is 30.4 Å². The van der Waals surface area contributed by atoms with Crippen LogP contribution < -0.4 is 31.4 Å². The molecule has 3 aromatic rings. The van der Waals surface area contributed by atoms with E-state index < -0.39 is 11.2 Å². The number of benzene rings is 2. The monoisotopic (exact) mass is 480 g/mol. The minimum atomic E-state index is -0.701. The molecule has 0 atom stereocenters. The van der Waals surface area contributed by atoms with Crippen LogP contribution in [-0.4, -0.2) is 29.7 Å². The van der Waals surface area contributed by atoms with Gasteiger partial charge in [-0.15, -0.1) is 0 Å². The second-order valence-electron chi connectivity index (χ2n) is 8.14. The van der Waals surface area contributed by atoms with Gasteiger partial charge in [0.15, 0.2) is 5.69 Å². The molecule has 2 aromatic carbocycles. The molecule has 9 nitrogen and oxygen atoms in total. The van der Waals surface area contributed by atoms with Gasteiger partial charge in [0.25, 0.3) is 5.56 Å². The van der Waals surface area contributed by atoms with E-state index in [0.29, 0.717) is 30.7 Å². The summed E-state index contributed by atoms with van der Waals surface area (Å²) in [4.78, 5) is 42.6. The highest BCUT2D eigenvalue weighted by Gasteiger charge is 2.25. The number of aromatic amines is 1. The number of nitrogens with zero attached hydrogens (tertiary/aromatic N) is 2. The van der Waals surface area contributed by atoms with Crippen molar-refractivity contribution < 1.29 is 14.3 Å². The summed E-state index contributed by atoms with van der Waals surface area (Å²) in [6.07, 6.45) is 2.13. The minimum Gasteiger partial charge on any atom is -0.497 e. The predicted molar refractivity (Wildman–Crippen MR) is 136 cm³/mol. The molecule has 0 saturated heterocycles. The molecule has 0 spiro atoms. The van der Waals surface area contributed by atoms with Gasteiger partial charge in [0.05, 0.1) is 20.8 Å². The molecular formula is C26H32N4O5. The van der Waals surface area contributed by atoms with Crippen LogP contribution in [0.5, 0.6) is 11.5 Å². The lowest BCUT2D eigenvalue weighted by atomic mass is 10.1. The van der Waals surface area contributed by atoms with Crippen molar-refractivity contribution >= 4 is 17.4 Å². The molecule has 0 aliphatic carbocycles. The van der Waals surface area contributed by atoms with Gasteiger partial charge in [-0.05, 0) is 36.6 Å². The average molecular weight is 481 g/mol. The third-order valence-electron chi connectivity index (χ3n) is 5.83. The van der Waals surface area contributed by atoms with Crippen molar-refractivity contribution in [1.82, 2.24) is 9.55 Å². The van der Waals surface area contributed by atoms with Crippen LogP contribution in [0.25, 0.3) is 0 Å². The quantitative estimate of drug-likeness (QED) is 0.435. The van der Waals surface area contributed by atoms with E-state index in [1.807, 2.05) is 49.4 Å². The Balaban J connectivity index is 2.00. The highest BCUT2D eigenvalue weighted by atomic mass is 16.5. The largest absolute Gasteiger partial charge is 0.497 e. The Hall–Kier alpha value is -4.01. The topological polar surface area (TPSA) is 120 Å². The number of amides is 1. The van der Waals surface area contributed by atoms with E-state index in [4.69, 9.17) is 15.2 Å². The molecule has 3 N–H and O–H groups in total. The molecule has 0 bridgehead atoms. The number of nitrogens with two attached hydrogens (primary N) is 1.